The standard InChI is InChI=1S/C9H15N3OS/c1-7(9-10-4-5-14-9)11-6-8(13)12(2)3/h4-5,7,11H,6H2,1-3H3/t7-/m1/s1. The summed E-state index contributed by atoms with van der Waals surface area (Å²) in [6, 6.07) is 0.138. The highest BCUT2D eigenvalue weighted by Gasteiger charge is 2.10. The van der Waals surface area contributed by atoms with E-state index in [1.54, 1.807) is 36.5 Å². The van der Waals surface area contributed by atoms with Gasteiger partial charge < -0.3 is 4.90 Å². The molecule has 0 fully saturated rings. The first-order chi connectivity index (χ1) is 6.61. The molecule has 1 heterocycles. The number of aromatic nitrogens is 1. The van der Waals surface area contributed by atoms with Crippen molar-refractivity contribution in [3.8, 4) is 0 Å². The first-order valence-corrected chi connectivity index (χ1v) is 5.32. The summed E-state index contributed by atoms with van der Waals surface area (Å²) in [6.45, 7) is 2.36. The molecule has 78 valence electrons. The minimum atomic E-state index is 0.0772. The van der Waals surface area contributed by atoms with E-state index < -0.39 is 0 Å². The molecule has 0 aliphatic carbocycles. The fraction of sp³-hybridized carbons (Fsp3) is 0.556. The van der Waals surface area contributed by atoms with E-state index >= 15 is 0 Å². The molecule has 0 unspecified atom stereocenters. The molecule has 1 rings (SSSR count). The molecular weight excluding hydrogens is 198 g/mol. The smallest absolute Gasteiger partial charge is 0.236 e. The van der Waals surface area contributed by atoms with E-state index in [0.29, 0.717) is 6.54 Å². The highest BCUT2D eigenvalue weighted by atomic mass is 32.1. The van der Waals surface area contributed by atoms with Crippen molar-refractivity contribution in [3.63, 3.8) is 0 Å². The zero-order chi connectivity index (χ0) is 10.6. The molecule has 0 aromatic carbocycles. The van der Waals surface area contributed by atoms with E-state index in [0.717, 1.165) is 5.01 Å². The molecule has 1 atom stereocenters. The second kappa shape index (κ2) is 5.07. The minimum absolute atomic E-state index is 0.0772. The van der Waals surface area contributed by atoms with Gasteiger partial charge in [-0.1, -0.05) is 0 Å². The number of rotatable bonds is 4. The number of nitrogens with one attached hydrogen (secondary N) is 1. The lowest BCUT2D eigenvalue weighted by Crippen LogP contribution is -2.34. The van der Waals surface area contributed by atoms with Crippen molar-refractivity contribution in [2.45, 2.75) is 13.0 Å². The predicted octanol–water partition coefficient (Wildman–Crippen LogP) is 0.882. The zero-order valence-electron chi connectivity index (χ0n) is 8.65. The minimum Gasteiger partial charge on any atom is -0.348 e. The van der Waals surface area contributed by atoms with Crippen LogP contribution in [0.5, 0.6) is 0 Å². The second-order valence-corrected chi connectivity index (χ2v) is 4.19. The number of amides is 1. The third-order valence-electron chi connectivity index (χ3n) is 1.88. The Bertz CT molecular complexity index is 284. The summed E-state index contributed by atoms with van der Waals surface area (Å²) in [7, 11) is 3.50. The van der Waals surface area contributed by atoms with Gasteiger partial charge in [-0.3, -0.25) is 10.1 Å². The Morgan fingerprint density at radius 2 is 2.43 bits per heavy atom. The maximum atomic E-state index is 11.3. The molecule has 1 N–H and O–H groups in total. The largest absolute Gasteiger partial charge is 0.348 e. The number of likely N-dealkylation sites (N-methyl/N-ethyl adjacent to an activating group) is 1. The first-order valence-electron chi connectivity index (χ1n) is 4.44. The van der Waals surface area contributed by atoms with Gasteiger partial charge in [0.2, 0.25) is 5.91 Å². The van der Waals surface area contributed by atoms with Crippen molar-refractivity contribution in [2.75, 3.05) is 20.6 Å². The highest BCUT2D eigenvalue weighted by molar-refractivity contribution is 7.09. The van der Waals surface area contributed by atoms with Crippen LogP contribution >= 0.6 is 11.3 Å². The number of hydrogen-bond donors (Lipinski definition) is 1. The summed E-state index contributed by atoms with van der Waals surface area (Å²) in [5.41, 5.74) is 0. The summed E-state index contributed by atoms with van der Waals surface area (Å²) in [4.78, 5) is 17.0. The van der Waals surface area contributed by atoms with Gasteiger partial charge in [0.15, 0.2) is 0 Å². The van der Waals surface area contributed by atoms with Crippen molar-refractivity contribution in [2.24, 2.45) is 0 Å². The van der Waals surface area contributed by atoms with Gasteiger partial charge in [0, 0.05) is 25.7 Å². The summed E-state index contributed by atoms with van der Waals surface area (Å²) >= 11 is 1.59. The molecule has 0 saturated carbocycles. The van der Waals surface area contributed by atoms with Gasteiger partial charge in [-0.25, -0.2) is 4.98 Å². The van der Waals surface area contributed by atoms with Crippen molar-refractivity contribution >= 4 is 17.2 Å². The average Bonchev–Trinajstić information content (AvgIpc) is 2.66. The molecule has 0 radical (unpaired) electrons. The number of hydrogen-bond acceptors (Lipinski definition) is 4. The summed E-state index contributed by atoms with van der Waals surface area (Å²) in [5.74, 6) is 0.0772. The molecule has 14 heavy (non-hydrogen) atoms. The highest BCUT2D eigenvalue weighted by Crippen LogP contribution is 2.13. The molecule has 0 aliphatic rings. The SMILES string of the molecule is C[C@@H](NCC(=O)N(C)C)c1nccs1. The summed E-state index contributed by atoms with van der Waals surface area (Å²) in [5, 5.41) is 6.07. The van der Waals surface area contributed by atoms with Crippen LogP contribution in [-0.4, -0.2) is 36.4 Å². The van der Waals surface area contributed by atoms with Crippen LogP contribution in [0.4, 0.5) is 0 Å². The van der Waals surface area contributed by atoms with Crippen molar-refractivity contribution in [1.29, 1.82) is 0 Å². The Hall–Kier alpha value is -0.940. The van der Waals surface area contributed by atoms with Gasteiger partial charge in [0.05, 0.1) is 12.6 Å². The number of carbonyl (C=O) groups is 1. The summed E-state index contributed by atoms with van der Waals surface area (Å²) in [6.07, 6.45) is 1.77. The average molecular weight is 213 g/mol. The van der Waals surface area contributed by atoms with Crippen LogP contribution in [0.25, 0.3) is 0 Å². The molecule has 0 bridgehead atoms. The van der Waals surface area contributed by atoms with Crippen LogP contribution in [-0.2, 0) is 4.79 Å². The normalized spacial score (nSPS) is 12.5. The second-order valence-electron chi connectivity index (χ2n) is 3.26. The van der Waals surface area contributed by atoms with Gasteiger partial charge in [-0.05, 0) is 6.92 Å². The van der Waals surface area contributed by atoms with Crippen LogP contribution in [0.15, 0.2) is 11.6 Å². The van der Waals surface area contributed by atoms with E-state index in [4.69, 9.17) is 0 Å². The fourth-order valence-electron chi connectivity index (χ4n) is 0.934. The first kappa shape index (κ1) is 11.1. The molecule has 0 saturated heterocycles. The van der Waals surface area contributed by atoms with Crippen LogP contribution in [0, 0.1) is 0 Å². The Morgan fingerprint density at radius 1 is 1.71 bits per heavy atom. The van der Waals surface area contributed by atoms with Crippen LogP contribution in [0.2, 0.25) is 0 Å². The molecular formula is C9H15N3OS. The van der Waals surface area contributed by atoms with Crippen molar-refractivity contribution in [1.82, 2.24) is 15.2 Å². The molecule has 1 amide bonds. The Balaban J connectivity index is 2.36. The number of thiazole rings is 1. The van der Waals surface area contributed by atoms with E-state index in [9.17, 15) is 4.79 Å². The van der Waals surface area contributed by atoms with E-state index in [1.165, 1.54) is 0 Å². The van der Waals surface area contributed by atoms with Gasteiger partial charge in [-0.15, -0.1) is 11.3 Å². The maximum Gasteiger partial charge on any atom is 0.236 e. The van der Waals surface area contributed by atoms with Gasteiger partial charge >= 0.3 is 0 Å². The van der Waals surface area contributed by atoms with E-state index in [-0.39, 0.29) is 11.9 Å². The molecule has 1 aromatic rings. The monoisotopic (exact) mass is 213 g/mol. The van der Waals surface area contributed by atoms with E-state index in [2.05, 4.69) is 10.3 Å². The fourth-order valence-corrected chi connectivity index (χ4v) is 1.60. The van der Waals surface area contributed by atoms with Crippen molar-refractivity contribution in [3.05, 3.63) is 16.6 Å². The van der Waals surface area contributed by atoms with Crippen LogP contribution in [0.1, 0.15) is 18.0 Å². The molecule has 0 spiro atoms. The number of nitrogens with zero attached hydrogens (tertiary/aromatic N) is 2. The van der Waals surface area contributed by atoms with Gasteiger partial charge in [0.25, 0.3) is 0 Å². The summed E-state index contributed by atoms with van der Waals surface area (Å²) < 4.78 is 0. The van der Waals surface area contributed by atoms with Crippen LogP contribution < -0.4 is 5.32 Å². The lowest BCUT2D eigenvalue weighted by Gasteiger charge is -2.14. The molecule has 4 nitrogen and oxygen atoms in total. The molecule has 1 aromatic heterocycles. The Morgan fingerprint density at radius 3 is 2.93 bits per heavy atom. The van der Waals surface area contributed by atoms with Crippen LogP contribution in [0.3, 0.4) is 0 Å². The maximum absolute atomic E-state index is 11.3. The van der Waals surface area contributed by atoms with Gasteiger partial charge in [0.1, 0.15) is 5.01 Å². The Kier molecular flexibility index (Phi) is 4.03. The lowest BCUT2D eigenvalue weighted by molar-refractivity contribution is -0.127. The predicted molar refractivity (Wildman–Crippen MR) is 57.2 cm³/mol. The van der Waals surface area contributed by atoms with E-state index in [1.807, 2.05) is 12.3 Å². The third-order valence-corrected chi connectivity index (χ3v) is 2.84. The number of carbonyl (C=O) groups excluding carboxylic acids is 1. The van der Waals surface area contributed by atoms with Gasteiger partial charge in [-0.2, -0.15) is 0 Å². The lowest BCUT2D eigenvalue weighted by atomic mass is 10.3. The quantitative estimate of drug-likeness (QED) is 0.807. The molecule has 0 aliphatic heterocycles. The third kappa shape index (κ3) is 3.08. The van der Waals surface area contributed by atoms with Crippen molar-refractivity contribution < 1.29 is 4.79 Å². The topological polar surface area (TPSA) is 45.2 Å². The Labute approximate surface area is 88.0 Å². The molecule has 5 heteroatoms. The zero-order valence-corrected chi connectivity index (χ0v) is 9.47.